The Kier molecular flexibility index (Phi) is 5.14. The van der Waals surface area contributed by atoms with Crippen LogP contribution in [0.25, 0.3) is 0 Å². The van der Waals surface area contributed by atoms with Gasteiger partial charge in [-0.1, -0.05) is 41.9 Å². The standard InChI is InChI=1S/C15H11ClINO2/c16-11-6-7-13(17)12(8-11)15(20)18-9-14(19)10-4-2-1-3-5-10/h1-8H,9H2,(H,18,20). The van der Waals surface area contributed by atoms with Gasteiger partial charge in [-0.05, 0) is 40.8 Å². The van der Waals surface area contributed by atoms with Crippen LogP contribution in [0.5, 0.6) is 0 Å². The number of amides is 1. The molecule has 0 aliphatic carbocycles. The lowest BCUT2D eigenvalue weighted by atomic mass is 10.1. The normalized spacial score (nSPS) is 10.1. The molecular formula is C15H11ClINO2. The number of Topliss-reactive ketones (excluding diaryl/α,β-unsaturated/α-hetero) is 1. The highest BCUT2D eigenvalue weighted by Crippen LogP contribution is 2.17. The van der Waals surface area contributed by atoms with E-state index >= 15 is 0 Å². The van der Waals surface area contributed by atoms with Crippen LogP contribution in [0.15, 0.2) is 48.5 Å². The highest BCUT2D eigenvalue weighted by Gasteiger charge is 2.12. The van der Waals surface area contributed by atoms with Crippen molar-refractivity contribution in [1.82, 2.24) is 5.32 Å². The minimum Gasteiger partial charge on any atom is -0.345 e. The fourth-order valence-corrected chi connectivity index (χ4v) is 2.41. The molecule has 0 spiro atoms. The Morgan fingerprint density at radius 2 is 1.80 bits per heavy atom. The number of ketones is 1. The predicted molar refractivity (Wildman–Crippen MR) is 87.3 cm³/mol. The summed E-state index contributed by atoms with van der Waals surface area (Å²) in [5, 5.41) is 3.10. The second kappa shape index (κ2) is 6.85. The van der Waals surface area contributed by atoms with Crippen molar-refractivity contribution in [2.45, 2.75) is 0 Å². The van der Waals surface area contributed by atoms with Crippen molar-refractivity contribution < 1.29 is 9.59 Å². The fraction of sp³-hybridized carbons (Fsp3) is 0.0667. The van der Waals surface area contributed by atoms with Crippen LogP contribution in [0.2, 0.25) is 5.02 Å². The van der Waals surface area contributed by atoms with E-state index in [1.807, 2.05) is 6.07 Å². The predicted octanol–water partition coefficient (Wildman–Crippen LogP) is 3.56. The van der Waals surface area contributed by atoms with Gasteiger partial charge in [-0.15, -0.1) is 0 Å². The van der Waals surface area contributed by atoms with Crippen molar-refractivity contribution in [3.8, 4) is 0 Å². The zero-order chi connectivity index (χ0) is 14.5. The Morgan fingerprint density at radius 3 is 2.50 bits per heavy atom. The molecule has 2 aromatic rings. The first-order chi connectivity index (χ1) is 9.58. The molecule has 1 N–H and O–H groups in total. The molecule has 0 saturated heterocycles. The van der Waals surface area contributed by atoms with Crippen LogP contribution in [-0.4, -0.2) is 18.2 Å². The van der Waals surface area contributed by atoms with Gasteiger partial charge >= 0.3 is 0 Å². The Balaban J connectivity index is 2.02. The van der Waals surface area contributed by atoms with Crippen molar-refractivity contribution in [3.63, 3.8) is 0 Å². The molecule has 0 radical (unpaired) electrons. The Hall–Kier alpha value is -1.40. The summed E-state index contributed by atoms with van der Waals surface area (Å²) in [6, 6.07) is 13.9. The molecule has 0 aromatic heterocycles. The summed E-state index contributed by atoms with van der Waals surface area (Å²) < 4.78 is 0.789. The van der Waals surface area contributed by atoms with E-state index < -0.39 is 0 Å². The lowest BCUT2D eigenvalue weighted by Crippen LogP contribution is -2.30. The fourth-order valence-electron chi connectivity index (χ4n) is 1.65. The summed E-state index contributed by atoms with van der Waals surface area (Å²) in [7, 11) is 0. The monoisotopic (exact) mass is 399 g/mol. The smallest absolute Gasteiger partial charge is 0.252 e. The highest BCUT2D eigenvalue weighted by molar-refractivity contribution is 14.1. The molecule has 0 aliphatic heterocycles. The lowest BCUT2D eigenvalue weighted by Gasteiger charge is -2.07. The summed E-state index contributed by atoms with van der Waals surface area (Å²) in [5.41, 5.74) is 1.05. The van der Waals surface area contributed by atoms with Crippen LogP contribution < -0.4 is 5.32 Å². The minimum absolute atomic E-state index is 0.0363. The van der Waals surface area contributed by atoms with Gasteiger partial charge in [0.25, 0.3) is 5.91 Å². The van der Waals surface area contributed by atoms with Crippen molar-refractivity contribution in [1.29, 1.82) is 0 Å². The van der Waals surface area contributed by atoms with Gasteiger partial charge in [0.1, 0.15) is 0 Å². The third-order valence-corrected chi connectivity index (χ3v) is 3.85. The summed E-state index contributed by atoms with van der Waals surface area (Å²) in [5.74, 6) is -0.433. The van der Waals surface area contributed by atoms with Crippen molar-refractivity contribution in [3.05, 3.63) is 68.3 Å². The molecule has 3 nitrogen and oxygen atoms in total. The molecular weight excluding hydrogens is 389 g/mol. The van der Waals surface area contributed by atoms with Gasteiger partial charge in [-0.2, -0.15) is 0 Å². The molecule has 0 bridgehead atoms. The Bertz CT molecular complexity index is 644. The number of carbonyl (C=O) groups excluding carboxylic acids is 2. The van der Waals surface area contributed by atoms with Crippen LogP contribution in [0, 0.1) is 3.57 Å². The van der Waals surface area contributed by atoms with Crippen LogP contribution in [-0.2, 0) is 0 Å². The van der Waals surface area contributed by atoms with E-state index in [-0.39, 0.29) is 18.2 Å². The number of hydrogen-bond donors (Lipinski definition) is 1. The maximum atomic E-state index is 12.0. The van der Waals surface area contributed by atoms with E-state index in [2.05, 4.69) is 27.9 Å². The van der Waals surface area contributed by atoms with Gasteiger partial charge in [0.2, 0.25) is 0 Å². The van der Waals surface area contributed by atoms with Gasteiger partial charge in [0.15, 0.2) is 5.78 Å². The first-order valence-corrected chi connectivity index (χ1v) is 7.35. The van der Waals surface area contributed by atoms with E-state index in [4.69, 9.17) is 11.6 Å². The molecule has 1 amide bonds. The molecule has 0 saturated carbocycles. The number of carbonyl (C=O) groups is 2. The van der Waals surface area contributed by atoms with E-state index in [1.54, 1.807) is 42.5 Å². The SMILES string of the molecule is O=C(CNC(=O)c1cc(Cl)ccc1I)c1ccccc1. The molecule has 0 unspecified atom stereocenters. The number of hydrogen-bond acceptors (Lipinski definition) is 2. The zero-order valence-electron chi connectivity index (χ0n) is 10.4. The molecule has 0 atom stereocenters. The Labute approximate surface area is 135 Å². The van der Waals surface area contributed by atoms with Gasteiger partial charge in [0.05, 0.1) is 12.1 Å². The maximum absolute atomic E-state index is 12.0. The van der Waals surface area contributed by atoms with Gasteiger partial charge in [-0.3, -0.25) is 9.59 Å². The largest absolute Gasteiger partial charge is 0.345 e. The summed E-state index contributed by atoms with van der Waals surface area (Å²) in [6.45, 7) is -0.0363. The average Bonchev–Trinajstić information content (AvgIpc) is 2.47. The summed E-state index contributed by atoms with van der Waals surface area (Å²) in [4.78, 5) is 23.9. The molecule has 2 rings (SSSR count). The van der Waals surface area contributed by atoms with E-state index in [1.165, 1.54) is 0 Å². The molecule has 20 heavy (non-hydrogen) atoms. The quantitative estimate of drug-likeness (QED) is 0.631. The minimum atomic E-state index is -0.304. The van der Waals surface area contributed by atoms with Crippen molar-refractivity contribution in [2.75, 3.05) is 6.54 Å². The first-order valence-electron chi connectivity index (χ1n) is 5.89. The van der Waals surface area contributed by atoms with Gasteiger partial charge < -0.3 is 5.32 Å². The maximum Gasteiger partial charge on any atom is 0.252 e. The van der Waals surface area contributed by atoms with Crippen LogP contribution in [0.3, 0.4) is 0 Å². The zero-order valence-corrected chi connectivity index (χ0v) is 13.3. The van der Waals surface area contributed by atoms with Crippen LogP contribution >= 0.6 is 34.2 Å². The van der Waals surface area contributed by atoms with E-state index in [0.29, 0.717) is 16.1 Å². The average molecular weight is 400 g/mol. The second-order valence-electron chi connectivity index (χ2n) is 4.10. The van der Waals surface area contributed by atoms with Crippen molar-refractivity contribution in [2.24, 2.45) is 0 Å². The van der Waals surface area contributed by atoms with Gasteiger partial charge in [0, 0.05) is 14.2 Å². The first kappa shape index (κ1) is 15.0. The van der Waals surface area contributed by atoms with Crippen LogP contribution in [0.4, 0.5) is 0 Å². The molecule has 0 aliphatic rings. The Morgan fingerprint density at radius 1 is 1.10 bits per heavy atom. The highest BCUT2D eigenvalue weighted by atomic mass is 127. The number of rotatable bonds is 4. The van der Waals surface area contributed by atoms with Crippen LogP contribution in [0.1, 0.15) is 20.7 Å². The van der Waals surface area contributed by atoms with E-state index in [0.717, 1.165) is 3.57 Å². The topological polar surface area (TPSA) is 46.2 Å². The molecule has 102 valence electrons. The lowest BCUT2D eigenvalue weighted by molar-refractivity contribution is 0.0903. The van der Waals surface area contributed by atoms with E-state index in [9.17, 15) is 9.59 Å². The molecule has 0 heterocycles. The number of halogens is 2. The molecule has 2 aromatic carbocycles. The summed E-state index contributed by atoms with van der Waals surface area (Å²) in [6.07, 6.45) is 0. The van der Waals surface area contributed by atoms with Gasteiger partial charge in [-0.25, -0.2) is 0 Å². The number of benzene rings is 2. The second-order valence-corrected chi connectivity index (χ2v) is 5.69. The number of nitrogens with one attached hydrogen (secondary N) is 1. The molecule has 0 fully saturated rings. The third-order valence-electron chi connectivity index (χ3n) is 2.68. The third kappa shape index (κ3) is 3.80. The van der Waals surface area contributed by atoms with Crippen molar-refractivity contribution >= 4 is 45.9 Å². The summed E-state index contributed by atoms with van der Waals surface area (Å²) >= 11 is 7.93. The molecule has 5 heteroatoms.